The van der Waals surface area contributed by atoms with Crippen molar-refractivity contribution in [2.45, 2.75) is 23.6 Å². The van der Waals surface area contributed by atoms with E-state index in [1.165, 1.54) is 18.9 Å². The summed E-state index contributed by atoms with van der Waals surface area (Å²) in [6.45, 7) is 2.19. The number of benzene rings is 2. The minimum absolute atomic E-state index is 0.171. The van der Waals surface area contributed by atoms with E-state index in [4.69, 9.17) is 4.74 Å². The lowest BCUT2D eigenvalue weighted by Crippen LogP contribution is -2.24. The normalized spacial score (nSPS) is 11.6. The van der Waals surface area contributed by atoms with Gasteiger partial charge in [-0.25, -0.2) is 0 Å². The Bertz CT molecular complexity index is 736. The van der Waals surface area contributed by atoms with Crippen LogP contribution >= 0.6 is 27.7 Å². The van der Waals surface area contributed by atoms with Crippen molar-refractivity contribution in [2.24, 2.45) is 0 Å². The highest BCUT2D eigenvalue weighted by atomic mass is 79.9. The van der Waals surface area contributed by atoms with Gasteiger partial charge in [0.2, 0.25) is 0 Å². The van der Waals surface area contributed by atoms with E-state index in [-0.39, 0.29) is 17.1 Å². The lowest BCUT2D eigenvalue weighted by atomic mass is 10.2. The van der Waals surface area contributed by atoms with Gasteiger partial charge in [0.1, 0.15) is 5.25 Å². The molecule has 0 saturated heterocycles. The van der Waals surface area contributed by atoms with Crippen molar-refractivity contribution in [1.82, 2.24) is 5.32 Å². The van der Waals surface area contributed by atoms with Crippen molar-refractivity contribution in [3.63, 3.8) is 0 Å². The summed E-state index contributed by atoms with van der Waals surface area (Å²) < 4.78 is 5.71. The minimum atomic E-state index is -0.381. The fraction of sp³-hybridized carbons (Fsp3) is 0.222. The van der Waals surface area contributed by atoms with Crippen molar-refractivity contribution in [3.8, 4) is 0 Å². The van der Waals surface area contributed by atoms with Gasteiger partial charge in [0, 0.05) is 15.9 Å². The molecule has 2 aromatic carbocycles. The van der Waals surface area contributed by atoms with Crippen LogP contribution in [0.5, 0.6) is 0 Å². The Kier molecular flexibility index (Phi) is 6.87. The Balaban J connectivity index is 2.08. The van der Waals surface area contributed by atoms with Crippen LogP contribution in [0.2, 0.25) is 0 Å². The van der Waals surface area contributed by atoms with Gasteiger partial charge in [-0.3, -0.25) is 9.59 Å². The first-order valence-electron chi connectivity index (χ1n) is 7.37. The summed E-state index contributed by atoms with van der Waals surface area (Å²) >= 11 is 4.73. The van der Waals surface area contributed by atoms with Crippen molar-refractivity contribution < 1.29 is 14.3 Å². The van der Waals surface area contributed by atoms with Crippen molar-refractivity contribution in [1.29, 1.82) is 0 Å². The molecular weight excluding hydrogens is 390 g/mol. The van der Waals surface area contributed by atoms with Crippen LogP contribution in [0.3, 0.4) is 0 Å². The Morgan fingerprint density at radius 2 is 1.96 bits per heavy atom. The van der Waals surface area contributed by atoms with E-state index in [2.05, 4.69) is 21.2 Å². The number of methoxy groups -OCH3 is 1. The predicted octanol–water partition coefficient (Wildman–Crippen LogP) is 4.03. The van der Waals surface area contributed by atoms with Gasteiger partial charge in [0.05, 0.1) is 12.7 Å². The molecule has 0 bridgehead atoms. The first-order chi connectivity index (χ1) is 11.5. The number of halogens is 1. The molecule has 24 heavy (non-hydrogen) atoms. The van der Waals surface area contributed by atoms with Gasteiger partial charge < -0.3 is 10.1 Å². The zero-order chi connectivity index (χ0) is 17.5. The quantitative estimate of drug-likeness (QED) is 0.579. The molecule has 4 nitrogen and oxygen atoms in total. The lowest BCUT2D eigenvalue weighted by molar-refractivity contribution is -0.139. The summed E-state index contributed by atoms with van der Waals surface area (Å²) in [6, 6.07) is 15.0. The molecule has 0 spiro atoms. The average molecular weight is 408 g/mol. The van der Waals surface area contributed by atoms with Crippen LogP contribution in [0.1, 0.15) is 22.8 Å². The third kappa shape index (κ3) is 5.11. The number of thioether (sulfide) groups is 1. The highest BCUT2D eigenvalue weighted by Gasteiger charge is 2.18. The van der Waals surface area contributed by atoms with Gasteiger partial charge >= 0.3 is 5.97 Å². The summed E-state index contributed by atoms with van der Waals surface area (Å²) in [5.74, 6) is -0.487. The number of nitrogens with one attached hydrogen (secondary N) is 1. The van der Waals surface area contributed by atoms with Crippen LogP contribution in [0.15, 0.2) is 57.9 Å². The first-order valence-corrected chi connectivity index (χ1v) is 9.04. The van der Waals surface area contributed by atoms with E-state index < -0.39 is 0 Å². The fourth-order valence-electron chi connectivity index (χ4n) is 2.09. The van der Waals surface area contributed by atoms with E-state index in [1.807, 2.05) is 36.4 Å². The Hall–Kier alpha value is -1.79. The molecule has 1 atom stereocenters. The molecule has 0 heterocycles. The van der Waals surface area contributed by atoms with Crippen molar-refractivity contribution in [2.75, 3.05) is 7.11 Å². The second kappa shape index (κ2) is 8.89. The molecule has 0 aliphatic heterocycles. The molecule has 1 N–H and O–H groups in total. The number of ether oxygens (including phenoxy) is 1. The maximum absolute atomic E-state index is 12.5. The predicted molar refractivity (Wildman–Crippen MR) is 99.1 cm³/mol. The highest BCUT2D eigenvalue weighted by molar-refractivity contribution is 9.10. The van der Waals surface area contributed by atoms with Gasteiger partial charge in [-0.15, -0.1) is 11.8 Å². The summed E-state index contributed by atoms with van der Waals surface area (Å²) in [4.78, 5) is 24.8. The molecule has 0 aliphatic rings. The third-order valence-corrected chi connectivity index (χ3v) is 4.96. The zero-order valence-corrected chi connectivity index (χ0v) is 15.8. The molecular formula is C18H18BrNO3S. The number of carbonyl (C=O) groups excluding carboxylic acids is 2. The van der Waals surface area contributed by atoms with E-state index in [0.717, 1.165) is 14.9 Å². The van der Waals surface area contributed by atoms with Gasteiger partial charge in [0.15, 0.2) is 0 Å². The van der Waals surface area contributed by atoms with E-state index in [0.29, 0.717) is 12.1 Å². The molecule has 2 rings (SSSR count). The Labute approximate surface area is 154 Å². The first kappa shape index (κ1) is 18.5. The summed E-state index contributed by atoms with van der Waals surface area (Å²) in [6.07, 6.45) is 0. The van der Waals surface area contributed by atoms with Crippen LogP contribution in [0, 0.1) is 0 Å². The molecule has 0 fully saturated rings. The molecule has 2 aromatic rings. The lowest BCUT2D eigenvalue weighted by Gasteiger charge is -2.13. The minimum Gasteiger partial charge on any atom is -0.468 e. The molecule has 0 aliphatic carbocycles. The van der Waals surface area contributed by atoms with Crippen molar-refractivity contribution in [3.05, 3.63) is 64.1 Å². The highest BCUT2D eigenvalue weighted by Crippen LogP contribution is 2.27. The monoisotopic (exact) mass is 407 g/mol. The number of hydrogen-bond donors (Lipinski definition) is 1. The molecule has 6 heteroatoms. The molecule has 126 valence electrons. The molecule has 0 radical (unpaired) electrons. The molecule has 0 aromatic heterocycles. The van der Waals surface area contributed by atoms with Crippen LogP contribution < -0.4 is 5.32 Å². The zero-order valence-electron chi connectivity index (χ0n) is 13.4. The molecule has 1 amide bonds. The SMILES string of the molecule is COC(=O)C(C)Sc1ccccc1C(=O)NCc1cccc(Br)c1. The smallest absolute Gasteiger partial charge is 0.318 e. The largest absolute Gasteiger partial charge is 0.468 e. The summed E-state index contributed by atoms with van der Waals surface area (Å²) in [5, 5.41) is 2.53. The number of hydrogen-bond acceptors (Lipinski definition) is 4. The van der Waals surface area contributed by atoms with Gasteiger partial charge in [-0.05, 0) is 36.8 Å². The number of esters is 1. The second-order valence-corrected chi connectivity index (χ2v) is 7.39. The van der Waals surface area contributed by atoms with Crippen LogP contribution in [0.25, 0.3) is 0 Å². The maximum atomic E-state index is 12.5. The van der Waals surface area contributed by atoms with Gasteiger partial charge in [-0.2, -0.15) is 0 Å². The Morgan fingerprint density at radius 1 is 1.21 bits per heavy atom. The molecule has 0 saturated carbocycles. The van der Waals surface area contributed by atoms with Crippen LogP contribution in [0.4, 0.5) is 0 Å². The van der Waals surface area contributed by atoms with Gasteiger partial charge in [-0.1, -0.05) is 40.2 Å². The maximum Gasteiger partial charge on any atom is 0.318 e. The Morgan fingerprint density at radius 3 is 2.67 bits per heavy atom. The average Bonchev–Trinajstić information content (AvgIpc) is 2.59. The number of carbonyl (C=O) groups is 2. The van der Waals surface area contributed by atoms with Crippen LogP contribution in [-0.2, 0) is 16.1 Å². The van der Waals surface area contributed by atoms with Gasteiger partial charge in [0.25, 0.3) is 5.91 Å². The second-order valence-electron chi connectivity index (χ2n) is 5.09. The summed E-state index contributed by atoms with van der Waals surface area (Å²) in [7, 11) is 1.36. The standard InChI is InChI=1S/C18H18BrNO3S/c1-12(18(22)23-2)24-16-9-4-3-8-15(16)17(21)20-11-13-6-5-7-14(19)10-13/h3-10,12H,11H2,1-2H3,(H,20,21). The summed E-state index contributed by atoms with van der Waals surface area (Å²) in [5.41, 5.74) is 1.55. The van der Waals surface area contributed by atoms with Crippen LogP contribution in [-0.4, -0.2) is 24.2 Å². The van der Waals surface area contributed by atoms with E-state index >= 15 is 0 Å². The van der Waals surface area contributed by atoms with Crippen molar-refractivity contribution >= 4 is 39.6 Å². The number of amides is 1. The third-order valence-electron chi connectivity index (χ3n) is 3.31. The fourth-order valence-corrected chi connectivity index (χ4v) is 3.55. The topological polar surface area (TPSA) is 55.4 Å². The molecule has 1 unspecified atom stereocenters. The van der Waals surface area contributed by atoms with E-state index in [1.54, 1.807) is 19.1 Å². The van der Waals surface area contributed by atoms with E-state index in [9.17, 15) is 9.59 Å². The number of rotatable bonds is 6.